The summed E-state index contributed by atoms with van der Waals surface area (Å²) in [6, 6.07) is 0. The number of nitrogens with two attached hydrogens (primary N) is 1. The van der Waals surface area contributed by atoms with Gasteiger partial charge in [0, 0.05) is 4.32 Å². The SMILES string of the molecule is CC(C)(Br)CCCN. The van der Waals surface area contributed by atoms with Crippen LogP contribution in [0.5, 0.6) is 0 Å². The molecule has 0 saturated carbocycles. The summed E-state index contributed by atoms with van der Waals surface area (Å²) >= 11 is 3.52. The molecule has 0 atom stereocenters. The average molecular weight is 180 g/mol. The van der Waals surface area contributed by atoms with Crippen LogP contribution in [0, 0.1) is 0 Å². The fraction of sp³-hybridized carbons (Fsp3) is 1.00. The van der Waals surface area contributed by atoms with Crippen LogP contribution in [0.4, 0.5) is 0 Å². The van der Waals surface area contributed by atoms with Crippen LogP contribution in [0.25, 0.3) is 0 Å². The molecule has 0 aliphatic rings. The summed E-state index contributed by atoms with van der Waals surface area (Å²) in [5, 5.41) is 0. The molecular formula is C6H14BrN. The zero-order valence-electron chi connectivity index (χ0n) is 5.58. The summed E-state index contributed by atoms with van der Waals surface area (Å²) in [5.41, 5.74) is 5.31. The van der Waals surface area contributed by atoms with E-state index in [1.807, 2.05) is 0 Å². The fourth-order valence-electron chi connectivity index (χ4n) is 0.522. The first-order chi connectivity index (χ1) is 3.56. The van der Waals surface area contributed by atoms with Gasteiger partial charge in [0.05, 0.1) is 0 Å². The van der Waals surface area contributed by atoms with Crippen molar-refractivity contribution in [1.82, 2.24) is 0 Å². The molecule has 0 saturated heterocycles. The van der Waals surface area contributed by atoms with Crippen LogP contribution in [-0.2, 0) is 0 Å². The lowest BCUT2D eigenvalue weighted by Crippen LogP contribution is -2.11. The lowest BCUT2D eigenvalue weighted by molar-refractivity contribution is 0.619. The Hall–Kier alpha value is 0.440. The summed E-state index contributed by atoms with van der Waals surface area (Å²) in [5.74, 6) is 0. The van der Waals surface area contributed by atoms with Gasteiger partial charge in [0.25, 0.3) is 0 Å². The minimum absolute atomic E-state index is 0.284. The number of alkyl halides is 1. The van der Waals surface area contributed by atoms with E-state index >= 15 is 0 Å². The molecule has 0 aliphatic carbocycles. The van der Waals surface area contributed by atoms with Gasteiger partial charge in [-0.05, 0) is 19.4 Å². The molecule has 0 fully saturated rings. The largest absolute Gasteiger partial charge is 0.330 e. The second-order valence-electron chi connectivity index (χ2n) is 2.61. The van der Waals surface area contributed by atoms with E-state index in [0.29, 0.717) is 0 Å². The topological polar surface area (TPSA) is 26.0 Å². The average Bonchev–Trinajstić information content (AvgIpc) is 1.59. The molecule has 1 nitrogen and oxygen atoms in total. The van der Waals surface area contributed by atoms with Gasteiger partial charge >= 0.3 is 0 Å². The first kappa shape index (κ1) is 8.44. The van der Waals surface area contributed by atoms with Gasteiger partial charge in [-0.2, -0.15) is 0 Å². The maximum atomic E-state index is 5.31. The zero-order valence-corrected chi connectivity index (χ0v) is 7.16. The molecule has 0 spiro atoms. The Morgan fingerprint density at radius 2 is 2.00 bits per heavy atom. The van der Waals surface area contributed by atoms with Gasteiger partial charge in [-0.15, -0.1) is 0 Å². The molecule has 0 heterocycles. The van der Waals surface area contributed by atoms with Crippen LogP contribution < -0.4 is 5.73 Å². The highest BCUT2D eigenvalue weighted by molar-refractivity contribution is 9.10. The van der Waals surface area contributed by atoms with E-state index in [1.54, 1.807) is 0 Å². The highest BCUT2D eigenvalue weighted by Gasteiger charge is 2.09. The van der Waals surface area contributed by atoms with Crippen LogP contribution in [0.1, 0.15) is 26.7 Å². The molecule has 0 aromatic rings. The van der Waals surface area contributed by atoms with Crippen LogP contribution >= 0.6 is 15.9 Å². The first-order valence-electron chi connectivity index (χ1n) is 2.95. The minimum atomic E-state index is 0.284. The van der Waals surface area contributed by atoms with Gasteiger partial charge in [-0.3, -0.25) is 0 Å². The molecule has 0 aliphatic heterocycles. The highest BCUT2D eigenvalue weighted by Crippen LogP contribution is 2.21. The molecule has 0 aromatic heterocycles. The monoisotopic (exact) mass is 179 g/mol. The fourth-order valence-corrected chi connectivity index (χ4v) is 0.803. The van der Waals surface area contributed by atoms with E-state index in [-0.39, 0.29) is 4.32 Å². The van der Waals surface area contributed by atoms with Crippen molar-refractivity contribution in [2.24, 2.45) is 5.73 Å². The molecule has 0 rings (SSSR count). The predicted molar refractivity (Wildman–Crippen MR) is 41.3 cm³/mol. The summed E-state index contributed by atoms with van der Waals surface area (Å²) in [7, 11) is 0. The highest BCUT2D eigenvalue weighted by atomic mass is 79.9. The molecule has 2 N–H and O–H groups in total. The number of hydrogen-bond acceptors (Lipinski definition) is 1. The van der Waals surface area contributed by atoms with Crippen molar-refractivity contribution >= 4 is 15.9 Å². The van der Waals surface area contributed by atoms with Crippen LogP contribution in [0.2, 0.25) is 0 Å². The van der Waals surface area contributed by atoms with E-state index in [4.69, 9.17) is 5.73 Å². The van der Waals surface area contributed by atoms with E-state index < -0.39 is 0 Å². The van der Waals surface area contributed by atoms with Gasteiger partial charge in [-0.25, -0.2) is 0 Å². The molecule has 0 amide bonds. The minimum Gasteiger partial charge on any atom is -0.330 e. The van der Waals surface area contributed by atoms with Gasteiger partial charge in [0.15, 0.2) is 0 Å². The Labute approximate surface area is 59.8 Å². The van der Waals surface area contributed by atoms with E-state index in [0.717, 1.165) is 19.4 Å². The summed E-state index contributed by atoms with van der Waals surface area (Å²) in [6.07, 6.45) is 2.27. The molecule has 50 valence electrons. The Kier molecular flexibility index (Phi) is 3.65. The Morgan fingerprint density at radius 3 is 2.12 bits per heavy atom. The molecule has 0 radical (unpaired) electrons. The van der Waals surface area contributed by atoms with Gasteiger partial charge in [0.1, 0.15) is 0 Å². The van der Waals surface area contributed by atoms with Crippen molar-refractivity contribution in [2.45, 2.75) is 31.0 Å². The summed E-state index contributed by atoms with van der Waals surface area (Å²) in [6.45, 7) is 5.11. The summed E-state index contributed by atoms with van der Waals surface area (Å²) in [4.78, 5) is 0. The van der Waals surface area contributed by atoms with E-state index in [9.17, 15) is 0 Å². The van der Waals surface area contributed by atoms with E-state index in [1.165, 1.54) is 0 Å². The van der Waals surface area contributed by atoms with Gasteiger partial charge in [0.2, 0.25) is 0 Å². The quantitative estimate of drug-likeness (QED) is 0.659. The Morgan fingerprint density at radius 1 is 1.50 bits per heavy atom. The van der Waals surface area contributed by atoms with Crippen LogP contribution in [0.3, 0.4) is 0 Å². The second kappa shape index (κ2) is 3.46. The van der Waals surface area contributed by atoms with E-state index in [2.05, 4.69) is 29.8 Å². The maximum Gasteiger partial charge on any atom is 0.0202 e. The Bertz CT molecular complexity index is 56.0. The van der Waals surface area contributed by atoms with Crippen LogP contribution in [-0.4, -0.2) is 10.9 Å². The molecule has 2 heteroatoms. The first-order valence-corrected chi connectivity index (χ1v) is 3.74. The molecule has 8 heavy (non-hydrogen) atoms. The Balaban J connectivity index is 3.11. The third-order valence-corrected chi connectivity index (χ3v) is 1.37. The third kappa shape index (κ3) is 6.44. The number of rotatable bonds is 3. The lowest BCUT2D eigenvalue weighted by atomic mass is 10.1. The van der Waals surface area contributed by atoms with Crippen molar-refractivity contribution < 1.29 is 0 Å². The van der Waals surface area contributed by atoms with Crippen molar-refractivity contribution in [3.05, 3.63) is 0 Å². The third-order valence-electron chi connectivity index (χ3n) is 0.975. The van der Waals surface area contributed by atoms with Gasteiger partial charge < -0.3 is 5.73 Å². The van der Waals surface area contributed by atoms with Crippen molar-refractivity contribution in [1.29, 1.82) is 0 Å². The lowest BCUT2D eigenvalue weighted by Gasteiger charge is -2.13. The second-order valence-corrected chi connectivity index (χ2v) is 4.76. The number of halogens is 1. The molecule has 0 bridgehead atoms. The van der Waals surface area contributed by atoms with Crippen molar-refractivity contribution in [3.8, 4) is 0 Å². The summed E-state index contributed by atoms with van der Waals surface area (Å²) < 4.78 is 0.284. The van der Waals surface area contributed by atoms with Gasteiger partial charge in [-0.1, -0.05) is 29.8 Å². The number of hydrogen-bond donors (Lipinski definition) is 1. The van der Waals surface area contributed by atoms with Crippen molar-refractivity contribution in [2.75, 3.05) is 6.54 Å². The van der Waals surface area contributed by atoms with Crippen molar-refractivity contribution in [3.63, 3.8) is 0 Å². The normalized spacial score (nSPS) is 12.0. The molecule has 0 unspecified atom stereocenters. The molecular weight excluding hydrogens is 166 g/mol. The predicted octanol–water partition coefficient (Wildman–Crippen LogP) is 1.90. The zero-order chi connectivity index (χ0) is 6.62. The molecule has 0 aromatic carbocycles. The van der Waals surface area contributed by atoms with Crippen LogP contribution in [0.15, 0.2) is 0 Å². The maximum absolute atomic E-state index is 5.31. The smallest absolute Gasteiger partial charge is 0.0202 e. The standard InChI is InChI=1S/C6H14BrN/c1-6(2,7)4-3-5-8/h3-5,8H2,1-2H3.